The first kappa shape index (κ1) is 16.2. The Labute approximate surface area is 147 Å². The molecule has 0 spiro atoms. The molecule has 116 valence electrons. The van der Waals surface area contributed by atoms with Crippen LogP contribution in [0.25, 0.3) is 17.0 Å². The summed E-state index contributed by atoms with van der Waals surface area (Å²) in [5, 5.41) is 1.14. The highest BCUT2D eigenvalue weighted by atomic mass is 79.9. The topological polar surface area (TPSA) is 47.0 Å². The molecule has 0 aliphatic rings. The van der Waals surface area contributed by atoms with Crippen LogP contribution in [0.1, 0.15) is 5.56 Å². The zero-order valence-electron chi connectivity index (χ0n) is 11.8. The molecular formula is C17H11BrClNO2S. The van der Waals surface area contributed by atoms with Crippen LogP contribution >= 0.6 is 27.5 Å². The summed E-state index contributed by atoms with van der Waals surface area (Å²) in [4.78, 5) is 4.50. The van der Waals surface area contributed by atoms with Crippen LogP contribution in [0.15, 0.2) is 69.4 Å². The minimum absolute atomic E-state index is 0.0372. The van der Waals surface area contributed by atoms with Crippen molar-refractivity contribution in [3.63, 3.8) is 0 Å². The summed E-state index contributed by atoms with van der Waals surface area (Å²) in [5.74, 6) is 0. The van der Waals surface area contributed by atoms with Crippen LogP contribution in [0.2, 0.25) is 5.15 Å². The fourth-order valence-corrected chi connectivity index (χ4v) is 4.15. The number of hydrogen-bond donors (Lipinski definition) is 0. The van der Waals surface area contributed by atoms with Gasteiger partial charge in [-0.05, 0) is 46.3 Å². The van der Waals surface area contributed by atoms with Crippen molar-refractivity contribution in [2.45, 2.75) is 4.90 Å². The minimum Gasteiger partial charge on any atom is -0.235 e. The largest absolute Gasteiger partial charge is 0.235 e. The van der Waals surface area contributed by atoms with Crippen LogP contribution in [0, 0.1) is 0 Å². The molecule has 2 aromatic carbocycles. The van der Waals surface area contributed by atoms with Gasteiger partial charge in [0, 0.05) is 10.9 Å². The molecule has 3 aromatic rings. The Morgan fingerprint density at radius 3 is 2.43 bits per heavy atom. The molecule has 3 nitrogen and oxygen atoms in total. The molecule has 0 unspecified atom stereocenters. The zero-order valence-corrected chi connectivity index (χ0v) is 14.9. The highest BCUT2D eigenvalue weighted by molar-refractivity contribution is 9.13. The molecule has 0 radical (unpaired) electrons. The first-order valence-electron chi connectivity index (χ1n) is 6.71. The highest BCUT2D eigenvalue weighted by Crippen LogP contribution is 2.29. The number of nitrogens with zero attached hydrogens (tertiary/aromatic N) is 1. The van der Waals surface area contributed by atoms with E-state index < -0.39 is 9.84 Å². The van der Waals surface area contributed by atoms with Crippen LogP contribution in [0.4, 0.5) is 0 Å². The van der Waals surface area contributed by atoms with E-state index in [1.165, 1.54) is 6.08 Å². The molecule has 0 aliphatic carbocycles. The Kier molecular flexibility index (Phi) is 4.53. The van der Waals surface area contributed by atoms with Crippen molar-refractivity contribution >= 4 is 54.3 Å². The van der Waals surface area contributed by atoms with Crippen molar-refractivity contribution in [3.8, 4) is 0 Å². The monoisotopic (exact) mass is 407 g/mol. The number of pyridine rings is 1. The Morgan fingerprint density at radius 2 is 1.70 bits per heavy atom. The smallest absolute Gasteiger partial charge is 0.213 e. The Bertz CT molecular complexity index is 1000. The average molecular weight is 409 g/mol. The van der Waals surface area contributed by atoms with E-state index >= 15 is 0 Å². The third-order valence-corrected chi connectivity index (χ3v) is 6.62. The van der Waals surface area contributed by atoms with E-state index in [1.807, 2.05) is 30.3 Å². The van der Waals surface area contributed by atoms with E-state index in [4.69, 9.17) is 11.6 Å². The summed E-state index contributed by atoms with van der Waals surface area (Å²) >= 11 is 9.33. The second kappa shape index (κ2) is 6.43. The maximum Gasteiger partial charge on any atom is 0.213 e. The maximum absolute atomic E-state index is 12.5. The summed E-state index contributed by atoms with van der Waals surface area (Å²) in [6.45, 7) is 0. The highest BCUT2D eigenvalue weighted by Gasteiger charge is 2.18. The summed E-state index contributed by atoms with van der Waals surface area (Å²) in [6, 6.07) is 17.5. The Morgan fingerprint density at radius 1 is 1.04 bits per heavy atom. The van der Waals surface area contributed by atoms with Crippen molar-refractivity contribution < 1.29 is 8.42 Å². The lowest BCUT2D eigenvalue weighted by Gasteiger charge is -2.05. The second-order valence-corrected chi connectivity index (χ2v) is 8.48. The van der Waals surface area contributed by atoms with Gasteiger partial charge in [0.25, 0.3) is 0 Å². The lowest BCUT2D eigenvalue weighted by molar-refractivity contribution is 0.604. The first-order valence-corrected chi connectivity index (χ1v) is 9.36. The number of fused-ring (bicyclic) bond motifs is 1. The van der Waals surface area contributed by atoms with Gasteiger partial charge in [0.1, 0.15) is 8.97 Å². The number of para-hydroxylation sites is 1. The molecule has 6 heteroatoms. The third-order valence-electron chi connectivity index (χ3n) is 3.28. The van der Waals surface area contributed by atoms with Crippen LogP contribution in [0.5, 0.6) is 0 Å². The minimum atomic E-state index is -3.62. The van der Waals surface area contributed by atoms with Crippen molar-refractivity contribution in [1.82, 2.24) is 4.98 Å². The zero-order chi connectivity index (χ0) is 16.4. The van der Waals surface area contributed by atoms with Gasteiger partial charge in [-0.15, -0.1) is 0 Å². The molecule has 3 rings (SSSR count). The lowest BCUT2D eigenvalue weighted by Crippen LogP contribution is -2.00. The van der Waals surface area contributed by atoms with Crippen LogP contribution < -0.4 is 0 Å². The molecule has 23 heavy (non-hydrogen) atoms. The van der Waals surface area contributed by atoms with Crippen molar-refractivity contribution in [3.05, 3.63) is 75.2 Å². The quantitative estimate of drug-likeness (QED) is 0.569. The van der Waals surface area contributed by atoms with E-state index in [-0.39, 0.29) is 13.9 Å². The first-order chi connectivity index (χ1) is 11.0. The molecule has 0 saturated carbocycles. The van der Waals surface area contributed by atoms with E-state index in [0.29, 0.717) is 5.56 Å². The molecular weight excluding hydrogens is 398 g/mol. The van der Waals surface area contributed by atoms with Crippen molar-refractivity contribution in [1.29, 1.82) is 0 Å². The van der Waals surface area contributed by atoms with E-state index in [1.54, 1.807) is 30.3 Å². The van der Waals surface area contributed by atoms with Crippen LogP contribution in [0.3, 0.4) is 0 Å². The summed E-state index contributed by atoms with van der Waals surface area (Å²) in [6.07, 6.45) is 1.48. The van der Waals surface area contributed by atoms with Crippen molar-refractivity contribution in [2.24, 2.45) is 0 Å². The molecule has 0 N–H and O–H groups in total. The van der Waals surface area contributed by atoms with Gasteiger partial charge in [0.2, 0.25) is 9.84 Å². The van der Waals surface area contributed by atoms with E-state index in [0.717, 1.165) is 10.9 Å². The molecule has 0 amide bonds. The fraction of sp³-hybridized carbons (Fsp3) is 0. The summed E-state index contributed by atoms with van der Waals surface area (Å²) < 4.78 is 25.1. The molecule has 0 bridgehead atoms. The number of hydrogen-bond acceptors (Lipinski definition) is 3. The molecule has 0 saturated heterocycles. The molecule has 1 heterocycles. The standard InChI is InChI=1S/C17H11BrClNO2S/c18-16(23(21,22)14-7-2-1-3-8-14)11-13-10-12-6-4-5-9-15(12)20-17(13)19/h1-11H/b16-11+. The third kappa shape index (κ3) is 3.32. The molecule has 0 aliphatic heterocycles. The summed E-state index contributed by atoms with van der Waals surface area (Å²) in [7, 11) is -3.62. The van der Waals surface area contributed by atoms with E-state index in [2.05, 4.69) is 20.9 Å². The van der Waals surface area contributed by atoms with Crippen LogP contribution in [-0.2, 0) is 9.84 Å². The molecule has 1 aromatic heterocycles. The summed E-state index contributed by atoms with van der Waals surface area (Å²) in [5.41, 5.74) is 1.30. The van der Waals surface area contributed by atoms with Gasteiger partial charge in [-0.1, -0.05) is 48.0 Å². The number of halogens is 2. The van der Waals surface area contributed by atoms with Gasteiger partial charge >= 0.3 is 0 Å². The number of benzene rings is 2. The second-order valence-electron chi connectivity index (χ2n) is 4.83. The SMILES string of the molecule is O=S(=O)(/C(Br)=C/c1cc2ccccc2nc1Cl)c1ccccc1. The van der Waals surface area contributed by atoms with Gasteiger partial charge in [-0.3, -0.25) is 0 Å². The maximum atomic E-state index is 12.5. The van der Waals surface area contributed by atoms with Gasteiger partial charge in [-0.2, -0.15) is 0 Å². The van der Waals surface area contributed by atoms with Crippen molar-refractivity contribution in [2.75, 3.05) is 0 Å². The average Bonchev–Trinajstić information content (AvgIpc) is 2.56. The Balaban J connectivity index is 2.09. The predicted molar refractivity (Wildman–Crippen MR) is 97.3 cm³/mol. The number of sulfone groups is 1. The predicted octanol–water partition coefficient (Wildman–Crippen LogP) is 5.06. The van der Waals surface area contributed by atoms with Gasteiger partial charge in [0.05, 0.1) is 10.4 Å². The fourth-order valence-electron chi connectivity index (χ4n) is 2.12. The van der Waals surface area contributed by atoms with Gasteiger partial charge in [-0.25, -0.2) is 13.4 Å². The lowest BCUT2D eigenvalue weighted by atomic mass is 10.1. The number of aromatic nitrogens is 1. The van der Waals surface area contributed by atoms with Gasteiger partial charge in [0.15, 0.2) is 0 Å². The molecule has 0 fully saturated rings. The van der Waals surface area contributed by atoms with Gasteiger partial charge < -0.3 is 0 Å². The van der Waals surface area contributed by atoms with Crippen LogP contribution in [-0.4, -0.2) is 13.4 Å². The normalized spacial score (nSPS) is 12.5. The Hall–Kier alpha value is -1.69. The van der Waals surface area contributed by atoms with E-state index in [9.17, 15) is 8.42 Å². The number of rotatable bonds is 3. The molecule has 0 atom stereocenters.